The van der Waals surface area contributed by atoms with Crippen molar-refractivity contribution in [1.82, 2.24) is 5.32 Å². The molecule has 0 spiro atoms. The van der Waals surface area contributed by atoms with Crippen LogP contribution < -0.4 is 20.7 Å². The molecule has 0 saturated carbocycles. The molecule has 0 fully saturated rings. The first-order chi connectivity index (χ1) is 13.0. The van der Waals surface area contributed by atoms with Gasteiger partial charge in [0, 0.05) is 17.3 Å². The van der Waals surface area contributed by atoms with Crippen LogP contribution in [-0.4, -0.2) is 31.0 Å². The number of nitrogens with one attached hydrogen (secondary N) is 3. The molecule has 0 radical (unpaired) electrons. The second kappa shape index (κ2) is 10.0. The molecule has 0 bridgehead atoms. The molecular formula is C21H25N3O3. The van der Waals surface area contributed by atoms with Gasteiger partial charge in [-0.2, -0.15) is 0 Å². The number of hydrogen-bond donors (Lipinski definition) is 3. The monoisotopic (exact) mass is 367 g/mol. The van der Waals surface area contributed by atoms with Crippen molar-refractivity contribution in [3.8, 4) is 5.75 Å². The Kier molecular flexibility index (Phi) is 7.43. The minimum absolute atomic E-state index is 0.0586. The Morgan fingerprint density at radius 3 is 2.67 bits per heavy atom. The first-order valence-corrected chi connectivity index (χ1v) is 8.77. The summed E-state index contributed by atoms with van der Waals surface area (Å²) in [6.45, 7) is 7.84. The van der Waals surface area contributed by atoms with E-state index in [1.54, 1.807) is 42.5 Å². The van der Waals surface area contributed by atoms with E-state index in [0.29, 0.717) is 29.3 Å². The number of rotatable bonds is 9. The number of para-hydroxylation sites is 2. The molecule has 142 valence electrons. The molecule has 3 N–H and O–H groups in total. The highest BCUT2D eigenvalue weighted by Gasteiger charge is 2.09. The van der Waals surface area contributed by atoms with Gasteiger partial charge in [-0.1, -0.05) is 30.9 Å². The van der Waals surface area contributed by atoms with E-state index in [4.69, 9.17) is 4.74 Å². The predicted molar refractivity (Wildman–Crippen MR) is 108 cm³/mol. The van der Waals surface area contributed by atoms with E-state index in [2.05, 4.69) is 22.5 Å². The second-order valence-corrected chi connectivity index (χ2v) is 6.21. The van der Waals surface area contributed by atoms with Crippen LogP contribution in [0.5, 0.6) is 5.75 Å². The average molecular weight is 367 g/mol. The lowest BCUT2D eigenvalue weighted by Crippen LogP contribution is -2.30. The molecule has 0 atom stereocenters. The van der Waals surface area contributed by atoms with Crippen molar-refractivity contribution in [2.24, 2.45) is 0 Å². The van der Waals surface area contributed by atoms with Gasteiger partial charge in [-0.05, 0) is 44.2 Å². The molecule has 0 aliphatic rings. The van der Waals surface area contributed by atoms with Crippen LogP contribution in [0.3, 0.4) is 0 Å². The fraction of sp³-hybridized carbons (Fsp3) is 0.238. The standard InChI is InChI=1S/C21H25N3O3/c1-4-12-27-19-11-6-5-10-18(19)24-20(25)14-22-17-9-7-8-16(13-17)21(26)23-15(2)3/h4-11,13,15,22H,1,12,14H2,2-3H3,(H,23,26)(H,24,25). The highest BCUT2D eigenvalue weighted by atomic mass is 16.5. The molecule has 0 heterocycles. The van der Waals surface area contributed by atoms with Crippen molar-refractivity contribution in [3.05, 3.63) is 66.7 Å². The molecule has 2 aromatic carbocycles. The molecule has 6 heteroatoms. The van der Waals surface area contributed by atoms with Crippen molar-refractivity contribution in [3.63, 3.8) is 0 Å². The predicted octanol–water partition coefficient (Wildman–Crippen LogP) is 3.44. The van der Waals surface area contributed by atoms with Crippen LogP contribution in [0, 0.1) is 0 Å². The quantitative estimate of drug-likeness (QED) is 0.593. The van der Waals surface area contributed by atoms with Crippen LogP contribution in [0.1, 0.15) is 24.2 Å². The Hall–Kier alpha value is -3.28. The molecule has 0 aliphatic carbocycles. The van der Waals surface area contributed by atoms with Crippen molar-refractivity contribution < 1.29 is 14.3 Å². The molecule has 2 rings (SSSR count). The summed E-state index contributed by atoms with van der Waals surface area (Å²) >= 11 is 0. The average Bonchev–Trinajstić information content (AvgIpc) is 2.65. The van der Waals surface area contributed by atoms with Gasteiger partial charge < -0.3 is 20.7 Å². The number of carbonyl (C=O) groups is 2. The number of carbonyl (C=O) groups excluding carboxylic acids is 2. The van der Waals surface area contributed by atoms with E-state index in [1.807, 2.05) is 26.0 Å². The lowest BCUT2D eigenvalue weighted by molar-refractivity contribution is -0.114. The van der Waals surface area contributed by atoms with Gasteiger partial charge in [0.2, 0.25) is 5.91 Å². The first-order valence-electron chi connectivity index (χ1n) is 8.77. The van der Waals surface area contributed by atoms with Crippen LogP contribution in [0.2, 0.25) is 0 Å². The Bertz CT molecular complexity index is 803. The van der Waals surface area contributed by atoms with Gasteiger partial charge in [0.25, 0.3) is 5.91 Å². The minimum atomic E-state index is -0.221. The minimum Gasteiger partial charge on any atom is -0.487 e. The molecule has 0 aliphatic heterocycles. The Balaban J connectivity index is 1.94. The Morgan fingerprint density at radius 2 is 1.93 bits per heavy atom. The first kappa shape index (κ1) is 20.0. The van der Waals surface area contributed by atoms with Gasteiger partial charge in [-0.15, -0.1) is 0 Å². The van der Waals surface area contributed by atoms with Crippen LogP contribution in [-0.2, 0) is 4.79 Å². The van der Waals surface area contributed by atoms with Crippen LogP contribution in [0.25, 0.3) is 0 Å². The maximum absolute atomic E-state index is 12.2. The molecule has 27 heavy (non-hydrogen) atoms. The SMILES string of the molecule is C=CCOc1ccccc1NC(=O)CNc1cccc(C(=O)NC(C)C)c1. The second-order valence-electron chi connectivity index (χ2n) is 6.21. The zero-order chi connectivity index (χ0) is 19.6. The number of hydrogen-bond acceptors (Lipinski definition) is 4. The van der Waals surface area contributed by atoms with Crippen molar-refractivity contribution in [2.75, 3.05) is 23.8 Å². The summed E-state index contributed by atoms with van der Waals surface area (Å²) in [5.41, 5.74) is 1.83. The number of ether oxygens (including phenoxy) is 1. The van der Waals surface area contributed by atoms with Crippen molar-refractivity contribution >= 4 is 23.2 Å². The summed E-state index contributed by atoms with van der Waals surface area (Å²) in [5, 5.41) is 8.68. The van der Waals surface area contributed by atoms with Crippen LogP contribution >= 0.6 is 0 Å². The van der Waals surface area contributed by atoms with Crippen molar-refractivity contribution in [2.45, 2.75) is 19.9 Å². The maximum atomic E-state index is 12.2. The smallest absolute Gasteiger partial charge is 0.251 e. The lowest BCUT2D eigenvalue weighted by atomic mass is 10.1. The Labute approximate surface area is 159 Å². The molecule has 0 unspecified atom stereocenters. The molecular weight excluding hydrogens is 342 g/mol. The zero-order valence-corrected chi connectivity index (χ0v) is 15.6. The van der Waals surface area contributed by atoms with Gasteiger partial charge in [-0.25, -0.2) is 0 Å². The van der Waals surface area contributed by atoms with Crippen molar-refractivity contribution in [1.29, 1.82) is 0 Å². The highest BCUT2D eigenvalue weighted by Crippen LogP contribution is 2.23. The fourth-order valence-corrected chi connectivity index (χ4v) is 2.34. The van der Waals surface area contributed by atoms with Crippen LogP contribution in [0.15, 0.2) is 61.2 Å². The van der Waals surface area contributed by atoms with Gasteiger partial charge in [-0.3, -0.25) is 9.59 Å². The summed E-state index contributed by atoms with van der Waals surface area (Å²) < 4.78 is 5.53. The van der Waals surface area contributed by atoms with Gasteiger partial charge in [0.1, 0.15) is 12.4 Å². The lowest BCUT2D eigenvalue weighted by Gasteiger charge is -2.13. The largest absolute Gasteiger partial charge is 0.487 e. The number of benzene rings is 2. The van der Waals surface area contributed by atoms with E-state index in [1.165, 1.54) is 0 Å². The molecule has 6 nitrogen and oxygen atoms in total. The molecule has 2 aromatic rings. The third-order valence-corrected chi connectivity index (χ3v) is 3.52. The third kappa shape index (κ3) is 6.51. The van der Waals surface area contributed by atoms with Crippen LogP contribution in [0.4, 0.5) is 11.4 Å². The maximum Gasteiger partial charge on any atom is 0.251 e. The van der Waals surface area contributed by atoms with Gasteiger partial charge in [0.15, 0.2) is 0 Å². The highest BCUT2D eigenvalue weighted by molar-refractivity contribution is 5.96. The topological polar surface area (TPSA) is 79.5 Å². The van der Waals surface area contributed by atoms with E-state index in [9.17, 15) is 9.59 Å². The molecule has 2 amide bonds. The zero-order valence-electron chi connectivity index (χ0n) is 15.6. The Morgan fingerprint density at radius 1 is 1.15 bits per heavy atom. The normalized spacial score (nSPS) is 10.2. The molecule has 0 saturated heterocycles. The van der Waals surface area contributed by atoms with E-state index in [0.717, 1.165) is 0 Å². The number of anilines is 2. The summed E-state index contributed by atoms with van der Waals surface area (Å²) in [5.74, 6) is 0.214. The third-order valence-electron chi connectivity index (χ3n) is 3.52. The summed E-state index contributed by atoms with van der Waals surface area (Å²) in [6.07, 6.45) is 1.64. The van der Waals surface area contributed by atoms with Gasteiger partial charge in [0.05, 0.1) is 12.2 Å². The van der Waals surface area contributed by atoms with E-state index < -0.39 is 0 Å². The number of amides is 2. The summed E-state index contributed by atoms with van der Waals surface area (Å²) in [6, 6.07) is 14.3. The summed E-state index contributed by atoms with van der Waals surface area (Å²) in [4.78, 5) is 24.3. The van der Waals surface area contributed by atoms with E-state index >= 15 is 0 Å². The molecule has 0 aromatic heterocycles. The fourth-order valence-electron chi connectivity index (χ4n) is 2.34. The van der Waals surface area contributed by atoms with Gasteiger partial charge >= 0.3 is 0 Å². The van der Waals surface area contributed by atoms with E-state index in [-0.39, 0.29) is 24.4 Å². The summed E-state index contributed by atoms with van der Waals surface area (Å²) in [7, 11) is 0.